The summed E-state index contributed by atoms with van der Waals surface area (Å²) in [5, 5.41) is 14.3. The first kappa shape index (κ1) is 16.1. The van der Waals surface area contributed by atoms with Crippen molar-refractivity contribution in [2.75, 3.05) is 13.1 Å². The van der Waals surface area contributed by atoms with Gasteiger partial charge in [0.1, 0.15) is 0 Å². The molecule has 24 heavy (non-hydrogen) atoms. The van der Waals surface area contributed by atoms with Crippen LogP contribution >= 0.6 is 0 Å². The number of carbonyl (C=O) groups is 1. The summed E-state index contributed by atoms with van der Waals surface area (Å²) in [5.41, 5.74) is 0.324. The molecule has 3 aliphatic rings. The Balaban J connectivity index is 1.64. The van der Waals surface area contributed by atoms with Gasteiger partial charge in [-0.25, -0.2) is 0 Å². The Bertz CT molecular complexity index is 593. The molecule has 4 rings (SSSR count). The predicted molar refractivity (Wildman–Crippen MR) is 93.4 cm³/mol. The van der Waals surface area contributed by atoms with E-state index in [1.165, 1.54) is 18.4 Å². The van der Waals surface area contributed by atoms with Crippen LogP contribution in [0, 0.1) is 11.8 Å². The number of likely N-dealkylation sites (tertiary alicyclic amines) is 1. The quantitative estimate of drug-likeness (QED) is 0.873. The number of benzene rings is 1. The molecular formula is C20H28N2O2. The maximum absolute atomic E-state index is 12.4. The minimum Gasteiger partial charge on any atom is -0.388 e. The lowest BCUT2D eigenvalue weighted by atomic mass is 9.79. The van der Waals surface area contributed by atoms with Crippen molar-refractivity contribution < 1.29 is 9.90 Å². The highest BCUT2D eigenvalue weighted by molar-refractivity contribution is 5.81. The predicted octanol–water partition coefficient (Wildman–Crippen LogP) is 2.49. The lowest BCUT2D eigenvalue weighted by Gasteiger charge is -2.49. The Morgan fingerprint density at radius 2 is 1.96 bits per heavy atom. The largest absolute Gasteiger partial charge is 0.388 e. The summed E-state index contributed by atoms with van der Waals surface area (Å²) in [7, 11) is 0. The molecule has 3 atom stereocenters. The molecule has 2 aliphatic carbocycles. The zero-order valence-corrected chi connectivity index (χ0v) is 14.4. The number of piperidine rings is 1. The van der Waals surface area contributed by atoms with Gasteiger partial charge in [0.15, 0.2) is 0 Å². The van der Waals surface area contributed by atoms with Crippen molar-refractivity contribution in [1.82, 2.24) is 10.2 Å². The van der Waals surface area contributed by atoms with E-state index < -0.39 is 5.60 Å². The second-order valence-corrected chi connectivity index (χ2v) is 8.16. The molecule has 0 bridgehead atoms. The first-order valence-corrected chi connectivity index (χ1v) is 9.36. The zero-order valence-electron chi connectivity index (χ0n) is 14.4. The first-order chi connectivity index (χ1) is 11.5. The zero-order chi connectivity index (χ0) is 16.7. The third-order valence-corrected chi connectivity index (χ3v) is 5.86. The van der Waals surface area contributed by atoms with Gasteiger partial charge in [-0.05, 0) is 50.5 Å². The molecule has 1 aromatic rings. The molecule has 1 aromatic carbocycles. The van der Waals surface area contributed by atoms with E-state index in [9.17, 15) is 9.90 Å². The summed E-state index contributed by atoms with van der Waals surface area (Å²) in [4.78, 5) is 14.9. The molecule has 3 fully saturated rings. The van der Waals surface area contributed by atoms with E-state index in [0.717, 1.165) is 31.8 Å². The van der Waals surface area contributed by atoms with Crippen LogP contribution in [0.1, 0.15) is 50.6 Å². The number of nitrogens with one attached hydrogen (secondary N) is 1. The van der Waals surface area contributed by atoms with E-state index in [1.807, 2.05) is 25.1 Å². The van der Waals surface area contributed by atoms with Crippen molar-refractivity contribution in [3.8, 4) is 0 Å². The molecule has 4 nitrogen and oxygen atoms in total. The van der Waals surface area contributed by atoms with Crippen LogP contribution in [-0.2, 0) is 4.79 Å². The lowest BCUT2D eigenvalue weighted by Crippen LogP contribution is -2.62. The Kier molecular flexibility index (Phi) is 4.13. The molecule has 2 N–H and O–H groups in total. The molecule has 4 heteroatoms. The fourth-order valence-corrected chi connectivity index (χ4v) is 3.96. The van der Waals surface area contributed by atoms with Crippen LogP contribution in [0.2, 0.25) is 0 Å². The van der Waals surface area contributed by atoms with Crippen molar-refractivity contribution in [3.63, 3.8) is 0 Å². The fourth-order valence-electron chi connectivity index (χ4n) is 3.96. The van der Waals surface area contributed by atoms with Crippen molar-refractivity contribution in [3.05, 3.63) is 35.9 Å². The molecule has 1 amide bonds. The van der Waals surface area contributed by atoms with Crippen molar-refractivity contribution >= 4 is 5.91 Å². The van der Waals surface area contributed by atoms with Crippen LogP contribution in [0.15, 0.2) is 30.3 Å². The molecule has 1 heterocycles. The van der Waals surface area contributed by atoms with E-state index in [0.29, 0.717) is 6.42 Å². The van der Waals surface area contributed by atoms with Crippen LogP contribution in [0.4, 0.5) is 0 Å². The maximum Gasteiger partial charge on any atom is 0.223 e. The van der Waals surface area contributed by atoms with Crippen LogP contribution in [0.5, 0.6) is 0 Å². The number of nitrogens with zero attached hydrogens (tertiary/aromatic N) is 1. The highest BCUT2D eigenvalue weighted by Gasteiger charge is 2.48. The van der Waals surface area contributed by atoms with E-state index >= 15 is 0 Å². The van der Waals surface area contributed by atoms with Gasteiger partial charge in [-0.2, -0.15) is 0 Å². The minimum atomic E-state index is -0.870. The highest BCUT2D eigenvalue weighted by atomic mass is 16.3. The number of hydrogen-bond donors (Lipinski definition) is 2. The maximum atomic E-state index is 12.4. The second kappa shape index (κ2) is 6.16. The van der Waals surface area contributed by atoms with Crippen molar-refractivity contribution in [2.45, 2.75) is 56.7 Å². The number of hydrogen-bond acceptors (Lipinski definition) is 3. The monoisotopic (exact) mass is 328 g/mol. The first-order valence-electron chi connectivity index (χ1n) is 9.36. The van der Waals surface area contributed by atoms with E-state index in [2.05, 4.69) is 22.3 Å². The van der Waals surface area contributed by atoms with Crippen molar-refractivity contribution in [1.29, 1.82) is 0 Å². The van der Waals surface area contributed by atoms with Crippen LogP contribution in [-0.4, -0.2) is 40.6 Å². The van der Waals surface area contributed by atoms with Gasteiger partial charge in [0.2, 0.25) is 5.91 Å². The van der Waals surface area contributed by atoms with Crippen LogP contribution < -0.4 is 5.32 Å². The van der Waals surface area contributed by atoms with E-state index in [-0.39, 0.29) is 23.9 Å². The van der Waals surface area contributed by atoms with Gasteiger partial charge >= 0.3 is 0 Å². The van der Waals surface area contributed by atoms with Gasteiger partial charge in [0, 0.05) is 19.0 Å². The number of amides is 1. The van der Waals surface area contributed by atoms with Crippen LogP contribution in [0.25, 0.3) is 0 Å². The van der Waals surface area contributed by atoms with Crippen molar-refractivity contribution in [2.24, 2.45) is 11.8 Å². The van der Waals surface area contributed by atoms with Gasteiger partial charge in [0.25, 0.3) is 0 Å². The van der Waals surface area contributed by atoms with Gasteiger partial charge in [0.05, 0.1) is 17.7 Å². The Morgan fingerprint density at radius 1 is 1.25 bits per heavy atom. The summed E-state index contributed by atoms with van der Waals surface area (Å²) in [6.07, 6.45) is 5.31. The van der Waals surface area contributed by atoms with Gasteiger partial charge in [-0.3, -0.25) is 9.69 Å². The summed E-state index contributed by atoms with van der Waals surface area (Å²) in [6, 6.07) is 10.2. The molecule has 3 unspecified atom stereocenters. The summed E-state index contributed by atoms with van der Waals surface area (Å²) < 4.78 is 0. The third kappa shape index (κ3) is 3.35. The minimum absolute atomic E-state index is 0.0539. The Labute approximate surface area is 144 Å². The average Bonchev–Trinajstić information content (AvgIpc) is 3.45. The van der Waals surface area contributed by atoms with Crippen LogP contribution in [0.3, 0.4) is 0 Å². The molecule has 130 valence electrons. The molecule has 0 spiro atoms. The van der Waals surface area contributed by atoms with Gasteiger partial charge in [-0.1, -0.05) is 30.3 Å². The Hall–Kier alpha value is -1.39. The third-order valence-electron chi connectivity index (χ3n) is 5.86. The van der Waals surface area contributed by atoms with Gasteiger partial charge < -0.3 is 10.4 Å². The molecule has 0 aromatic heterocycles. The fraction of sp³-hybridized carbons (Fsp3) is 0.650. The molecule has 1 saturated heterocycles. The summed E-state index contributed by atoms with van der Waals surface area (Å²) in [5.74, 6) is 1.07. The highest BCUT2D eigenvalue weighted by Crippen LogP contribution is 2.41. The molecule has 1 aliphatic heterocycles. The van der Waals surface area contributed by atoms with E-state index in [1.54, 1.807) is 0 Å². The normalized spacial score (nSPS) is 34.1. The molecular weight excluding hydrogens is 300 g/mol. The summed E-state index contributed by atoms with van der Waals surface area (Å²) >= 11 is 0. The summed E-state index contributed by atoms with van der Waals surface area (Å²) in [6.45, 7) is 3.85. The van der Waals surface area contributed by atoms with Gasteiger partial charge in [-0.15, -0.1) is 0 Å². The number of aliphatic hydroxyl groups is 1. The van der Waals surface area contributed by atoms with E-state index in [4.69, 9.17) is 0 Å². The lowest BCUT2D eigenvalue weighted by molar-refractivity contribution is -0.129. The topological polar surface area (TPSA) is 52.6 Å². The Morgan fingerprint density at radius 3 is 2.58 bits per heavy atom. The average molecular weight is 328 g/mol. The standard InChI is InChI=1S/C20H28N2O2/c1-20(24)11-12-22(13-14-7-8-14)17(15-5-3-2-4-6-15)18(20)21-19(23)16-9-10-16/h2-6,14,16-18,24H,7-13H2,1H3,(H,21,23). The molecule has 2 saturated carbocycles. The number of carbonyl (C=O) groups excluding carboxylic acids is 1. The SMILES string of the molecule is CC1(O)CCN(CC2CC2)C(c2ccccc2)C1NC(=O)C1CC1. The smallest absolute Gasteiger partial charge is 0.223 e. The second-order valence-electron chi connectivity index (χ2n) is 8.16. The molecule has 0 radical (unpaired) electrons. The number of rotatable bonds is 5.